The van der Waals surface area contributed by atoms with Gasteiger partial charge in [0.25, 0.3) is 5.91 Å². The van der Waals surface area contributed by atoms with Crippen LogP contribution in [0.1, 0.15) is 60.2 Å². The van der Waals surface area contributed by atoms with Gasteiger partial charge >= 0.3 is 11.9 Å². The first-order chi connectivity index (χ1) is 11.9. The summed E-state index contributed by atoms with van der Waals surface area (Å²) in [7, 11) is 1.31. The molecule has 1 amide bonds. The summed E-state index contributed by atoms with van der Waals surface area (Å²) in [5.74, 6) is -1.05. The first-order valence-electron chi connectivity index (χ1n) is 8.61. The Kier molecular flexibility index (Phi) is 6.17. The number of carbonyl (C=O) groups excluding carboxylic acids is 3. The minimum absolute atomic E-state index is 0.228. The zero-order valence-corrected chi connectivity index (χ0v) is 15.0. The van der Waals surface area contributed by atoms with Gasteiger partial charge in [-0.15, -0.1) is 0 Å². The lowest BCUT2D eigenvalue weighted by atomic mass is 9.93. The van der Waals surface area contributed by atoms with Gasteiger partial charge in [-0.25, -0.2) is 9.59 Å². The van der Waals surface area contributed by atoms with Crippen molar-refractivity contribution in [2.24, 2.45) is 0 Å². The molecule has 2 rings (SSSR count). The van der Waals surface area contributed by atoms with Crippen LogP contribution >= 0.6 is 0 Å². The van der Waals surface area contributed by atoms with Crippen molar-refractivity contribution in [3.05, 3.63) is 35.4 Å². The standard InChI is InChI=1S/C19H25NO5/c1-4-25-18(23)19(2)12-6-5-7-13-20(19)16(21)14-8-10-15(11-9-14)17(22)24-3/h8-11H,4-7,12-13H2,1-3H3. The molecule has 25 heavy (non-hydrogen) atoms. The highest BCUT2D eigenvalue weighted by Gasteiger charge is 2.44. The Balaban J connectivity index is 2.29. The number of amides is 1. The molecular formula is C19H25NO5. The van der Waals surface area contributed by atoms with Crippen LogP contribution in [-0.4, -0.2) is 48.5 Å². The second-order valence-corrected chi connectivity index (χ2v) is 6.33. The number of benzene rings is 1. The van der Waals surface area contributed by atoms with E-state index in [0.717, 1.165) is 19.3 Å². The fourth-order valence-electron chi connectivity index (χ4n) is 3.14. The Bertz CT molecular complexity index is 640. The first kappa shape index (κ1) is 19.0. The number of rotatable bonds is 4. The molecule has 1 aliphatic rings. The topological polar surface area (TPSA) is 72.9 Å². The molecule has 136 valence electrons. The molecule has 1 heterocycles. The van der Waals surface area contributed by atoms with Crippen LogP contribution in [0.25, 0.3) is 0 Å². The van der Waals surface area contributed by atoms with Gasteiger partial charge in [0.05, 0.1) is 19.3 Å². The van der Waals surface area contributed by atoms with Gasteiger partial charge in [-0.1, -0.05) is 12.8 Å². The number of likely N-dealkylation sites (tertiary alicyclic amines) is 1. The van der Waals surface area contributed by atoms with Gasteiger partial charge in [0.2, 0.25) is 0 Å². The summed E-state index contributed by atoms with van der Waals surface area (Å²) in [4.78, 5) is 38.7. The number of nitrogens with zero attached hydrogens (tertiary/aromatic N) is 1. The summed E-state index contributed by atoms with van der Waals surface area (Å²) >= 11 is 0. The molecule has 0 saturated carbocycles. The Labute approximate surface area is 148 Å². The van der Waals surface area contributed by atoms with Gasteiger partial charge in [-0.3, -0.25) is 4.79 Å². The van der Waals surface area contributed by atoms with E-state index in [1.54, 1.807) is 43.0 Å². The van der Waals surface area contributed by atoms with Crippen LogP contribution in [-0.2, 0) is 14.3 Å². The molecule has 0 N–H and O–H groups in total. The number of methoxy groups -OCH3 is 1. The third-order valence-corrected chi connectivity index (χ3v) is 4.65. The minimum atomic E-state index is -0.968. The highest BCUT2D eigenvalue weighted by molar-refractivity contribution is 5.99. The van der Waals surface area contributed by atoms with Gasteiger partial charge in [0, 0.05) is 12.1 Å². The van der Waals surface area contributed by atoms with Gasteiger partial charge in [-0.05, 0) is 51.0 Å². The minimum Gasteiger partial charge on any atom is -0.465 e. The van der Waals surface area contributed by atoms with E-state index >= 15 is 0 Å². The Morgan fingerprint density at radius 3 is 2.32 bits per heavy atom. The monoisotopic (exact) mass is 347 g/mol. The Morgan fingerprint density at radius 1 is 1.08 bits per heavy atom. The lowest BCUT2D eigenvalue weighted by molar-refractivity contribution is -0.155. The van der Waals surface area contributed by atoms with Gasteiger partial charge in [-0.2, -0.15) is 0 Å². The van der Waals surface area contributed by atoms with E-state index in [1.165, 1.54) is 7.11 Å². The molecule has 1 aliphatic heterocycles. The SMILES string of the molecule is CCOC(=O)C1(C)CCCCCN1C(=O)c1ccc(C(=O)OC)cc1. The third kappa shape index (κ3) is 4.00. The van der Waals surface area contributed by atoms with Crippen LogP contribution < -0.4 is 0 Å². The Hall–Kier alpha value is -2.37. The van der Waals surface area contributed by atoms with Crippen molar-refractivity contribution in [3.8, 4) is 0 Å². The number of carbonyl (C=O) groups is 3. The largest absolute Gasteiger partial charge is 0.465 e. The van der Waals surface area contributed by atoms with Crippen LogP contribution in [0.15, 0.2) is 24.3 Å². The third-order valence-electron chi connectivity index (χ3n) is 4.65. The molecule has 1 atom stereocenters. The maximum atomic E-state index is 13.0. The van der Waals surface area contributed by atoms with Crippen LogP contribution in [0.2, 0.25) is 0 Å². The summed E-state index contributed by atoms with van der Waals surface area (Å²) in [5.41, 5.74) is -0.155. The molecule has 0 aliphatic carbocycles. The number of hydrogen-bond acceptors (Lipinski definition) is 5. The van der Waals surface area contributed by atoms with E-state index in [2.05, 4.69) is 4.74 Å². The molecule has 1 aromatic rings. The smallest absolute Gasteiger partial charge is 0.337 e. The molecule has 1 saturated heterocycles. The van der Waals surface area contributed by atoms with Crippen LogP contribution in [0, 0.1) is 0 Å². The molecule has 6 heteroatoms. The maximum absolute atomic E-state index is 13.0. The lowest BCUT2D eigenvalue weighted by Gasteiger charge is -2.38. The predicted octanol–water partition coefficient (Wildman–Crippen LogP) is 2.81. The fourth-order valence-corrected chi connectivity index (χ4v) is 3.14. The van der Waals surface area contributed by atoms with Crippen LogP contribution in [0.4, 0.5) is 0 Å². The van der Waals surface area contributed by atoms with Crippen molar-refractivity contribution < 1.29 is 23.9 Å². The molecule has 0 aromatic heterocycles. The predicted molar refractivity (Wildman–Crippen MR) is 92.3 cm³/mol. The van der Waals surface area contributed by atoms with Gasteiger partial charge < -0.3 is 14.4 Å². The number of esters is 2. The van der Waals surface area contributed by atoms with Gasteiger partial charge in [0.15, 0.2) is 0 Å². The molecule has 1 unspecified atom stereocenters. The van der Waals surface area contributed by atoms with E-state index in [9.17, 15) is 14.4 Å². The molecule has 1 fully saturated rings. The van der Waals surface area contributed by atoms with Crippen LogP contribution in [0.5, 0.6) is 0 Å². The van der Waals surface area contributed by atoms with E-state index in [4.69, 9.17) is 4.74 Å². The maximum Gasteiger partial charge on any atom is 0.337 e. The molecule has 6 nitrogen and oxygen atoms in total. The van der Waals surface area contributed by atoms with E-state index < -0.39 is 11.5 Å². The zero-order valence-electron chi connectivity index (χ0n) is 15.0. The van der Waals surface area contributed by atoms with Crippen molar-refractivity contribution >= 4 is 17.8 Å². The highest BCUT2D eigenvalue weighted by Crippen LogP contribution is 2.30. The highest BCUT2D eigenvalue weighted by atomic mass is 16.5. The Morgan fingerprint density at radius 2 is 1.72 bits per heavy atom. The average Bonchev–Trinajstić information content (AvgIpc) is 2.83. The van der Waals surface area contributed by atoms with Crippen molar-refractivity contribution in [1.82, 2.24) is 4.90 Å². The summed E-state index contributed by atoms with van der Waals surface area (Å²) in [5, 5.41) is 0. The van der Waals surface area contributed by atoms with E-state index in [-0.39, 0.29) is 18.5 Å². The zero-order chi connectivity index (χ0) is 18.4. The van der Waals surface area contributed by atoms with E-state index in [1.807, 2.05) is 0 Å². The summed E-state index contributed by atoms with van der Waals surface area (Å²) in [6.07, 6.45) is 3.28. The average molecular weight is 347 g/mol. The number of hydrogen-bond donors (Lipinski definition) is 0. The normalized spacial score (nSPS) is 20.5. The fraction of sp³-hybridized carbons (Fsp3) is 0.526. The molecule has 0 bridgehead atoms. The lowest BCUT2D eigenvalue weighted by Crippen LogP contribution is -2.55. The summed E-state index contributed by atoms with van der Waals surface area (Å²) < 4.78 is 9.89. The second kappa shape index (κ2) is 8.14. The van der Waals surface area contributed by atoms with Crippen molar-refractivity contribution in [2.75, 3.05) is 20.3 Å². The van der Waals surface area contributed by atoms with Crippen molar-refractivity contribution in [3.63, 3.8) is 0 Å². The van der Waals surface area contributed by atoms with Crippen molar-refractivity contribution in [1.29, 1.82) is 0 Å². The van der Waals surface area contributed by atoms with E-state index in [0.29, 0.717) is 24.1 Å². The second-order valence-electron chi connectivity index (χ2n) is 6.33. The van der Waals surface area contributed by atoms with Crippen molar-refractivity contribution in [2.45, 2.75) is 45.1 Å². The molecule has 1 aromatic carbocycles. The summed E-state index contributed by atoms with van der Waals surface area (Å²) in [6, 6.07) is 6.29. The van der Waals surface area contributed by atoms with Gasteiger partial charge in [0.1, 0.15) is 5.54 Å². The molecular weight excluding hydrogens is 322 g/mol. The molecule has 0 radical (unpaired) electrons. The van der Waals surface area contributed by atoms with Crippen LogP contribution in [0.3, 0.4) is 0 Å². The quantitative estimate of drug-likeness (QED) is 0.783. The molecule has 0 spiro atoms. The first-order valence-corrected chi connectivity index (χ1v) is 8.61. The summed E-state index contributed by atoms with van der Waals surface area (Å²) in [6.45, 7) is 4.32. The number of ether oxygens (including phenoxy) is 2.